The lowest BCUT2D eigenvalue weighted by molar-refractivity contribution is -0.274. The zero-order chi connectivity index (χ0) is 11.9. The lowest BCUT2D eigenvalue weighted by Gasteiger charge is -2.12. The molecule has 86 valence electrons. The van der Waals surface area contributed by atoms with Crippen LogP contribution in [0, 0.1) is 0 Å². The third-order valence-electron chi connectivity index (χ3n) is 1.86. The second kappa shape index (κ2) is 3.78. The second-order valence-corrected chi connectivity index (χ2v) is 3.83. The van der Waals surface area contributed by atoms with E-state index in [1.54, 1.807) is 6.20 Å². The Bertz CT molecular complexity index is 461. The first kappa shape index (κ1) is 11.5. The molecule has 0 radical (unpaired) electrons. The van der Waals surface area contributed by atoms with Gasteiger partial charge in [-0.05, 0) is 23.8 Å². The molecule has 0 aliphatic carbocycles. The van der Waals surface area contributed by atoms with Crippen LogP contribution >= 0.6 is 11.6 Å². The van der Waals surface area contributed by atoms with Gasteiger partial charge < -0.3 is 21.9 Å². The molecule has 16 heavy (non-hydrogen) atoms. The van der Waals surface area contributed by atoms with Crippen LogP contribution in [0.5, 0.6) is 5.75 Å². The molecular formula is C9H4ClF3NOS-. The summed E-state index contributed by atoms with van der Waals surface area (Å²) in [7, 11) is 0. The van der Waals surface area contributed by atoms with E-state index in [9.17, 15) is 13.2 Å². The predicted molar refractivity (Wildman–Crippen MR) is 55.3 cm³/mol. The van der Waals surface area contributed by atoms with Crippen LogP contribution in [0.3, 0.4) is 0 Å². The van der Waals surface area contributed by atoms with Gasteiger partial charge in [0.2, 0.25) is 0 Å². The first-order valence-electron chi connectivity index (χ1n) is 4.11. The molecule has 0 unspecified atom stereocenters. The molecule has 0 fully saturated rings. The molecule has 2 nitrogen and oxygen atoms in total. The van der Waals surface area contributed by atoms with Crippen LogP contribution in [0.2, 0.25) is 5.02 Å². The van der Waals surface area contributed by atoms with Crippen LogP contribution < -0.4 is 4.74 Å². The summed E-state index contributed by atoms with van der Waals surface area (Å²) in [5, 5.41) is -0.106. The quantitative estimate of drug-likeness (QED) is 0.762. The summed E-state index contributed by atoms with van der Waals surface area (Å²) in [6.45, 7) is 0. The van der Waals surface area contributed by atoms with E-state index in [0.717, 1.165) is 11.8 Å². The predicted octanol–water partition coefficient (Wildman–Crippen LogP) is 3.31. The average molecular weight is 267 g/mol. The van der Waals surface area contributed by atoms with E-state index in [0.29, 0.717) is 5.56 Å². The molecule has 0 amide bonds. The Labute approximate surface area is 99.8 Å². The largest absolute Gasteiger partial charge is 0.661 e. The maximum absolute atomic E-state index is 11.9. The highest BCUT2D eigenvalue weighted by molar-refractivity contribution is 7.57. The van der Waals surface area contributed by atoms with Crippen molar-refractivity contribution in [2.75, 3.05) is 0 Å². The first-order valence-corrected chi connectivity index (χ1v) is 4.85. The number of halogens is 4. The van der Waals surface area contributed by atoms with Crippen molar-refractivity contribution in [3.63, 3.8) is 0 Å². The number of alkyl halides is 3. The van der Waals surface area contributed by atoms with Gasteiger partial charge in [0, 0.05) is 11.9 Å². The van der Waals surface area contributed by atoms with Crippen molar-refractivity contribution in [2.24, 2.45) is 0 Å². The number of benzene rings is 1. The van der Waals surface area contributed by atoms with E-state index in [-0.39, 0.29) is 5.02 Å². The van der Waals surface area contributed by atoms with E-state index < -0.39 is 12.1 Å². The van der Waals surface area contributed by atoms with Gasteiger partial charge in [-0.1, -0.05) is 11.6 Å². The normalized spacial score (nSPS) is 14.8. The van der Waals surface area contributed by atoms with Gasteiger partial charge in [0.15, 0.2) is 0 Å². The molecule has 1 aromatic rings. The SMILES string of the molecule is FC(F)(F)Oc1ccc(C2=CN2[S-])cc1Cl. The molecule has 7 heteroatoms. The number of hydrogen-bond donors (Lipinski definition) is 0. The molecule has 2 rings (SSSR count). The van der Waals surface area contributed by atoms with Crippen LogP contribution in [-0.2, 0) is 12.8 Å². The molecule has 1 aromatic carbocycles. The minimum absolute atomic E-state index is 0.106. The fourth-order valence-electron chi connectivity index (χ4n) is 1.15. The smallest absolute Gasteiger partial charge is 0.573 e. The highest BCUT2D eigenvalue weighted by Gasteiger charge is 2.32. The molecule has 0 bridgehead atoms. The van der Waals surface area contributed by atoms with Crippen LogP contribution in [0.15, 0.2) is 24.4 Å². The Balaban J connectivity index is 2.20. The van der Waals surface area contributed by atoms with Crippen LogP contribution in [0.25, 0.3) is 5.70 Å². The van der Waals surface area contributed by atoms with Gasteiger partial charge in [0.1, 0.15) is 5.75 Å². The molecule has 0 aromatic heterocycles. The lowest BCUT2D eigenvalue weighted by Crippen LogP contribution is -2.17. The standard InChI is InChI=1S/C9H4ClF3NOS/c10-6-3-5(7-4-14(7)16)1-2-8(6)15-9(11,12)13/h1-4H/q-1. The fraction of sp³-hybridized carbons (Fsp3) is 0.111. The molecule has 1 aliphatic heterocycles. The maximum atomic E-state index is 11.9. The Morgan fingerprint density at radius 1 is 1.31 bits per heavy atom. The van der Waals surface area contributed by atoms with Gasteiger partial charge in [-0.2, -0.15) is 0 Å². The third kappa shape index (κ3) is 2.56. The topological polar surface area (TPSA) is 12.2 Å². The van der Waals surface area contributed by atoms with Crippen molar-refractivity contribution < 1.29 is 17.9 Å². The van der Waals surface area contributed by atoms with Gasteiger partial charge >= 0.3 is 6.36 Å². The van der Waals surface area contributed by atoms with Crippen molar-refractivity contribution >= 4 is 30.1 Å². The summed E-state index contributed by atoms with van der Waals surface area (Å²) < 4.78 is 41.0. The van der Waals surface area contributed by atoms with Crippen molar-refractivity contribution in [2.45, 2.75) is 6.36 Å². The van der Waals surface area contributed by atoms with Crippen molar-refractivity contribution in [3.05, 3.63) is 35.0 Å². The Hall–Kier alpha value is -1.01. The highest BCUT2D eigenvalue weighted by Crippen LogP contribution is 2.36. The summed E-state index contributed by atoms with van der Waals surface area (Å²) in [4.78, 5) is 0. The second-order valence-electron chi connectivity index (χ2n) is 3.03. The minimum Gasteiger partial charge on any atom is -0.661 e. The summed E-state index contributed by atoms with van der Waals surface area (Å²) in [5.41, 5.74) is 1.41. The maximum Gasteiger partial charge on any atom is 0.573 e. The number of ether oxygens (including phenoxy) is 1. The van der Waals surface area contributed by atoms with Gasteiger partial charge in [0.05, 0.1) is 5.02 Å². The van der Waals surface area contributed by atoms with E-state index in [2.05, 4.69) is 4.74 Å². The zero-order valence-electron chi connectivity index (χ0n) is 7.58. The summed E-state index contributed by atoms with van der Waals surface area (Å²) >= 11 is 10.4. The van der Waals surface area contributed by atoms with Crippen molar-refractivity contribution in [1.82, 2.24) is 4.31 Å². The number of nitrogens with zero attached hydrogens (tertiary/aromatic N) is 1. The Morgan fingerprint density at radius 2 is 1.94 bits per heavy atom. The Morgan fingerprint density at radius 3 is 2.38 bits per heavy atom. The molecule has 0 spiro atoms. The fourth-order valence-corrected chi connectivity index (χ4v) is 1.58. The minimum atomic E-state index is -4.74. The molecule has 1 aliphatic rings. The van der Waals surface area contributed by atoms with E-state index in [1.807, 2.05) is 0 Å². The van der Waals surface area contributed by atoms with Gasteiger partial charge in [0.25, 0.3) is 0 Å². The van der Waals surface area contributed by atoms with Crippen LogP contribution in [0.1, 0.15) is 5.56 Å². The zero-order valence-corrected chi connectivity index (χ0v) is 9.16. The van der Waals surface area contributed by atoms with Crippen molar-refractivity contribution in [3.8, 4) is 5.75 Å². The van der Waals surface area contributed by atoms with Gasteiger partial charge in [-0.25, -0.2) is 0 Å². The van der Waals surface area contributed by atoms with Crippen LogP contribution in [0.4, 0.5) is 13.2 Å². The molecule has 0 N–H and O–H groups in total. The summed E-state index contributed by atoms with van der Waals surface area (Å²) in [6.07, 6.45) is -3.08. The first-order chi connectivity index (χ1) is 7.37. The van der Waals surface area contributed by atoms with E-state index in [1.165, 1.54) is 16.4 Å². The third-order valence-corrected chi connectivity index (χ3v) is 2.46. The number of rotatable bonds is 2. The molecule has 0 saturated carbocycles. The molecule has 1 heterocycles. The highest BCUT2D eigenvalue weighted by atomic mass is 35.5. The van der Waals surface area contributed by atoms with Crippen molar-refractivity contribution in [1.29, 1.82) is 0 Å². The number of hydrogen-bond acceptors (Lipinski definition) is 3. The monoisotopic (exact) mass is 266 g/mol. The molecule has 0 saturated heterocycles. The summed E-state index contributed by atoms with van der Waals surface area (Å²) in [6, 6.07) is 4.00. The lowest BCUT2D eigenvalue weighted by atomic mass is 10.2. The average Bonchev–Trinajstić information content (AvgIpc) is 2.84. The molecular weight excluding hydrogens is 263 g/mol. The van der Waals surface area contributed by atoms with Gasteiger partial charge in [-0.3, -0.25) is 0 Å². The van der Waals surface area contributed by atoms with Gasteiger partial charge in [-0.15, -0.1) is 13.2 Å². The Kier molecular flexibility index (Phi) is 2.71. The summed E-state index contributed by atoms with van der Waals surface area (Å²) in [5.74, 6) is -0.421. The van der Waals surface area contributed by atoms with E-state index >= 15 is 0 Å². The van der Waals surface area contributed by atoms with Crippen LogP contribution in [-0.4, -0.2) is 10.7 Å². The van der Waals surface area contributed by atoms with E-state index in [4.69, 9.17) is 24.4 Å². The molecule has 0 atom stereocenters.